The zero-order valence-corrected chi connectivity index (χ0v) is 12.5. The van der Waals surface area contributed by atoms with E-state index in [0.717, 1.165) is 24.0 Å². The van der Waals surface area contributed by atoms with Crippen molar-refractivity contribution in [2.75, 3.05) is 20.1 Å². The van der Waals surface area contributed by atoms with Crippen LogP contribution < -0.4 is 10.0 Å². The summed E-state index contributed by atoms with van der Waals surface area (Å²) in [6, 6.07) is 6.97. The summed E-state index contributed by atoms with van der Waals surface area (Å²) in [4.78, 5) is 4.55. The van der Waals surface area contributed by atoms with Crippen LogP contribution in [0.15, 0.2) is 35.4 Å². The predicted molar refractivity (Wildman–Crippen MR) is 80.2 cm³/mol. The zero-order valence-electron chi connectivity index (χ0n) is 11.7. The summed E-state index contributed by atoms with van der Waals surface area (Å²) in [7, 11) is -1.66. The molecule has 6 heteroatoms. The number of nitrogens with zero attached hydrogens (tertiary/aromatic N) is 1. The van der Waals surface area contributed by atoms with Crippen molar-refractivity contribution in [2.24, 2.45) is 0 Å². The van der Waals surface area contributed by atoms with Crippen LogP contribution in [0.4, 0.5) is 0 Å². The van der Waals surface area contributed by atoms with Gasteiger partial charge in [0.2, 0.25) is 10.0 Å². The molecule has 0 saturated carbocycles. The first-order valence-corrected chi connectivity index (χ1v) is 8.03. The highest BCUT2D eigenvalue weighted by molar-refractivity contribution is 7.89. The van der Waals surface area contributed by atoms with Gasteiger partial charge in [-0.1, -0.05) is 6.07 Å². The second kappa shape index (κ2) is 6.30. The highest BCUT2D eigenvalue weighted by atomic mass is 32.2. The van der Waals surface area contributed by atoms with Gasteiger partial charge < -0.3 is 5.32 Å². The first-order valence-electron chi connectivity index (χ1n) is 6.55. The van der Waals surface area contributed by atoms with Gasteiger partial charge in [0, 0.05) is 18.1 Å². The van der Waals surface area contributed by atoms with Crippen molar-refractivity contribution in [2.45, 2.75) is 18.2 Å². The van der Waals surface area contributed by atoms with Gasteiger partial charge in [-0.15, -0.1) is 0 Å². The molecule has 0 fully saturated rings. The average molecular weight is 293 g/mol. The van der Waals surface area contributed by atoms with Gasteiger partial charge in [-0.3, -0.25) is 4.98 Å². The van der Waals surface area contributed by atoms with E-state index in [1.807, 2.05) is 14.0 Å². The van der Waals surface area contributed by atoms with E-state index in [4.69, 9.17) is 0 Å². The van der Waals surface area contributed by atoms with Gasteiger partial charge in [0.15, 0.2) is 0 Å². The van der Waals surface area contributed by atoms with Crippen molar-refractivity contribution >= 4 is 20.9 Å². The molecule has 1 aromatic heterocycles. The standard InChI is InChI=1S/C14H19N3O2S/c1-11-6-7-13(12-5-3-9-16-14(11)12)20(18,19)17-10-4-8-15-2/h3,5-7,9,15,17H,4,8,10H2,1-2H3. The molecule has 2 rings (SSSR count). The summed E-state index contributed by atoms with van der Waals surface area (Å²) in [6.07, 6.45) is 2.42. The van der Waals surface area contributed by atoms with E-state index in [1.165, 1.54) is 0 Å². The molecule has 20 heavy (non-hydrogen) atoms. The quantitative estimate of drug-likeness (QED) is 0.790. The summed E-state index contributed by atoms with van der Waals surface area (Å²) in [5.74, 6) is 0. The van der Waals surface area contributed by atoms with Crippen LogP contribution >= 0.6 is 0 Å². The van der Waals surface area contributed by atoms with Crippen molar-refractivity contribution in [3.63, 3.8) is 0 Å². The van der Waals surface area contributed by atoms with Crippen LogP contribution in [-0.2, 0) is 10.0 Å². The average Bonchev–Trinajstić information content (AvgIpc) is 2.44. The van der Waals surface area contributed by atoms with Crippen LogP contribution in [0.5, 0.6) is 0 Å². The summed E-state index contributed by atoms with van der Waals surface area (Å²) < 4.78 is 27.3. The van der Waals surface area contributed by atoms with Crippen molar-refractivity contribution in [3.8, 4) is 0 Å². The van der Waals surface area contributed by atoms with E-state index < -0.39 is 10.0 Å². The fraction of sp³-hybridized carbons (Fsp3) is 0.357. The third-order valence-corrected chi connectivity index (χ3v) is 4.64. The maximum atomic E-state index is 12.4. The van der Waals surface area contributed by atoms with Gasteiger partial charge in [-0.25, -0.2) is 13.1 Å². The third kappa shape index (κ3) is 3.15. The Morgan fingerprint density at radius 1 is 1.20 bits per heavy atom. The summed E-state index contributed by atoms with van der Waals surface area (Å²) in [5.41, 5.74) is 1.69. The first-order chi connectivity index (χ1) is 9.56. The van der Waals surface area contributed by atoms with Gasteiger partial charge in [-0.05, 0) is 50.7 Å². The molecular formula is C14H19N3O2S. The molecule has 0 aliphatic carbocycles. The lowest BCUT2D eigenvalue weighted by Gasteiger charge is -2.10. The lowest BCUT2D eigenvalue weighted by atomic mass is 10.1. The monoisotopic (exact) mass is 293 g/mol. The first kappa shape index (κ1) is 14.9. The summed E-state index contributed by atoms with van der Waals surface area (Å²) in [6.45, 7) is 3.11. The Bertz CT molecular complexity index is 699. The SMILES string of the molecule is CNCCCNS(=O)(=O)c1ccc(C)c2ncccc12. The number of rotatable bonds is 6. The number of nitrogens with one attached hydrogen (secondary N) is 2. The van der Waals surface area contributed by atoms with Crippen LogP contribution in [0.2, 0.25) is 0 Å². The molecule has 2 N–H and O–H groups in total. The van der Waals surface area contributed by atoms with Crippen LogP contribution in [0.1, 0.15) is 12.0 Å². The van der Waals surface area contributed by atoms with Crippen LogP contribution in [-0.4, -0.2) is 33.5 Å². The zero-order chi connectivity index (χ0) is 14.6. The van der Waals surface area contributed by atoms with E-state index in [-0.39, 0.29) is 4.90 Å². The highest BCUT2D eigenvalue weighted by Crippen LogP contribution is 2.23. The highest BCUT2D eigenvalue weighted by Gasteiger charge is 2.17. The molecule has 0 aliphatic heterocycles. The summed E-state index contributed by atoms with van der Waals surface area (Å²) in [5, 5.41) is 3.65. The fourth-order valence-corrected chi connectivity index (χ4v) is 3.34. The molecule has 0 spiro atoms. The number of hydrogen-bond donors (Lipinski definition) is 2. The van der Waals surface area contributed by atoms with Crippen molar-refractivity contribution in [1.82, 2.24) is 15.0 Å². The van der Waals surface area contributed by atoms with E-state index in [1.54, 1.807) is 30.5 Å². The molecule has 2 aromatic rings. The predicted octanol–water partition coefficient (Wildman–Crippen LogP) is 1.43. The second-order valence-electron chi connectivity index (χ2n) is 4.64. The van der Waals surface area contributed by atoms with Crippen molar-refractivity contribution < 1.29 is 8.42 Å². The number of fused-ring (bicyclic) bond motifs is 1. The Kier molecular flexibility index (Phi) is 4.69. The Morgan fingerprint density at radius 2 is 2.00 bits per heavy atom. The van der Waals surface area contributed by atoms with Crippen LogP contribution in [0.25, 0.3) is 10.9 Å². The Hall–Kier alpha value is -1.50. The Balaban J connectivity index is 2.35. The maximum Gasteiger partial charge on any atom is 0.241 e. The second-order valence-corrected chi connectivity index (χ2v) is 6.37. The molecule has 0 radical (unpaired) electrons. The number of hydrogen-bond acceptors (Lipinski definition) is 4. The number of pyridine rings is 1. The molecular weight excluding hydrogens is 274 g/mol. The smallest absolute Gasteiger partial charge is 0.241 e. The molecule has 0 amide bonds. The van der Waals surface area contributed by atoms with E-state index in [0.29, 0.717) is 11.9 Å². The van der Waals surface area contributed by atoms with Gasteiger partial charge >= 0.3 is 0 Å². The molecule has 0 aliphatic rings. The van der Waals surface area contributed by atoms with Gasteiger partial charge in [0.25, 0.3) is 0 Å². The Labute approximate surface area is 119 Å². The Morgan fingerprint density at radius 3 is 2.75 bits per heavy atom. The van der Waals surface area contributed by atoms with Crippen molar-refractivity contribution in [3.05, 3.63) is 36.0 Å². The topological polar surface area (TPSA) is 71.1 Å². The van der Waals surface area contributed by atoms with Crippen LogP contribution in [0.3, 0.4) is 0 Å². The van der Waals surface area contributed by atoms with E-state index >= 15 is 0 Å². The van der Waals surface area contributed by atoms with Crippen LogP contribution in [0, 0.1) is 6.92 Å². The fourth-order valence-electron chi connectivity index (χ4n) is 2.07. The lowest BCUT2D eigenvalue weighted by Crippen LogP contribution is -2.27. The third-order valence-electron chi connectivity index (χ3n) is 3.12. The molecule has 0 saturated heterocycles. The molecule has 5 nitrogen and oxygen atoms in total. The van der Waals surface area contributed by atoms with Crippen molar-refractivity contribution in [1.29, 1.82) is 0 Å². The summed E-state index contributed by atoms with van der Waals surface area (Å²) >= 11 is 0. The molecule has 1 aromatic carbocycles. The molecule has 0 bridgehead atoms. The number of benzene rings is 1. The van der Waals surface area contributed by atoms with Gasteiger partial charge in [-0.2, -0.15) is 0 Å². The minimum Gasteiger partial charge on any atom is -0.320 e. The normalized spacial score (nSPS) is 11.9. The van der Waals surface area contributed by atoms with E-state index in [9.17, 15) is 8.42 Å². The number of aromatic nitrogens is 1. The molecule has 0 unspecified atom stereocenters. The van der Waals surface area contributed by atoms with Gasteiger partial charge in [0.1, 0.15) is 0 Å². The molecule has 0 atom stereocenters. The minimum absolute atomic E-state index is 0.288. The van der Waals surface area contributed by atoms with Gasteiger partial charge in [0.05, 0.1) is 10.4 Å². The lowest BCUT2D eigenvalue weighted by molar-refractivity contribution is 0.578. The largest absolute Gasteiger partial charge is 0.320 e. The number of sulfonamides is 1. The minimum atomic E-state index is -3.50. The molecule has 1 heterocycles. The maximum absolute atomic E-state index is 12.4. The number of aryl methyl sites for hydroxylation is 1. The molecule has 108 valence electrons. The van der Waals surface area contributed by atoms with E-state index in [2.05, 4.69) is 15.0 Å².